The summed E-state index contributed by atoms with van der Waals surface area (Å²) >= 11 is 0. The van der Waals surface area contributed by atoms with Gasteiger partial charge in [0.2, 0.25) is 0 Å². The van der Waals surface area contributed by atoms with Gasteiger partial charge in [0.15, 0.2) is 0 Å². The molecule has 2 N–H and O–H groups in total. The van der Waals surface area contributed by atoms with Gasteiger partial charge in [-0.2, -0.15) is 0 Å². The van der Waals surface area contributed by atoms with Gasteiger partial charge in [0.05, 0.1) is 13.2 Å². The molecule has 1 aliphatic carbocycles. The Balaban J connectivity index is 1.81. The fraction of sp³-hybridized carbons (Fsp3) is 0.900. The van der Waals surface area contributed by atoms with Crippen molar-refractivity contribution in [2.75, 3.05) is 19.8 Å². The maximum atomic E-state index is 11.4. The van der Waals surface area contributed by atoms with Crippen molar-refractivity contribution in [3.8, 4) is 0 Å². The molecule has 4 heteroatoms. The van der Waals surface area contributed by atoms with E-state index in [1.807, 2.05) is 0 Å². The van der Waals surface area contributed by atoms with Crippen molar-refractivity contribution in [3.63, 3.8) is 0 Å². The number of aliphatic hydroxyl groups is 1. The van der Waals surface area contributed by atoms with Crippen LogP contribution >= 0.6 is 0 Å². The van der Waals surface area contributed by atoms with Crippen molar-refractivity contribution in [1.29, 1.82) is 0 Å². The number of rotatable bonds is 3. The SMILES string of the molecule is CC(C)(O)C(=O)NCC12COCC1C2. The number of fused-ring (bicyclic) bond motifs is 1. The van der Waals surface area contributed by atoms with Crippen molar-refractivity contribution < 1.29 is 14.6 Å². The summed E-state index contributed by atoms with van der Waals surface area (Å²) in [6.07, 6.45) is 1.15. The van der Waals surface area contributed by atoms with Gasteiger partial charge in [0, 0.05) is 12.0 Å². The highest BCUT2D eigenvalue weighted by molar-refractivity contribution is 5.83. The number of amides is 1. The van der Waals surface area contributed by atoms with Crippen LogP contribution in [-0.4, -0.2) is 36.4 Å². The molecule has 0 bridgehead atoms. The molecule has 1 heterocycles. The zero-order valence-corrected chi connectivity index (χ0v) is 8.67. The molecule has 0 aromatic heterocycles. The van der Waals surface area contributed by atoms with Crippen LogP contribution in [0.2, 0.25) is 0 Å². The second-order valence-electron chi connectivity index (χ2n) is 5.02. The lowest BCUT2D eigenvalue weighted by atomic mass is 10.1. The maximum absolute atomic E-state index is 11.4. The van der Waals surface area contributed by atoms with Crippen molar-refractivity contribution in [2.45, 2.75) is 25.9 Å². The number of hydrogen-bond donors (Lipinski definition) is 2. The van der Waals surface area contributed by atoms with Crippen molar-refractivity contribution in [2.24, 2.45) is 11.3 Å². The molecule has 80 valence electrons. The Hall–Kier alpha value is -0.610. The summed E-state index contributed by atoms with van der Waals surface area (Å²) in [7, 11) is 0. The third kappa shape index (κ3) is 1.64. The van der Waals surface area contributed by atoms with E-state index in [2.05, 4.69) is 5.32 Å². The van der Waals surface area contributed by atoms with E-state index in [-0.39, 0.29) is 11.3 Å². The molecule has 0 aromatic rings. The van der Waals surface area contributed by atoms with Crippen LogP contribution in [0.15, 0.2) is 0 Å². The van der Waals surface area contributed by atoms with E-state index in [0.717, 1.165) is 19.6 Å². The topological polar surface area (TPSA) is 58.6 Å². The van der Waals surface area contributed by atoms with E-state index in [9.17, 15) is 9.90 Å². The standard InChI is InChI=1S/C10H17NO3/c1-9(2,13)8(12)11-5-10-3-7(10)4-14-6-10/h7,13H,3-6H2,1-2H3,(H,11,12). The lowest BCUT2D eigenvalue weighted by molar-refractivity contribution is -0.136. The third-order valence-corrected chi connectivity index (χ3v) is 3.22. The molecule has 1 aliphatic heterocycles. The largest absolute Gasteiger partial charge is 0.381 e. The maximum Gasteiger partial charge on any atom is 0.251 e. The molecule has 2 aliphatic rings. The number of carbonyl (C=O) groups is 1. The predicted octanol–water partition coefficient (Wildman–Crippen LogP) is -0.0900. The van der Waals surface area contributed by atoms with Crippen LogP contribution < -0.4 is 5.32 Å². The molecule has 0 aromatic carbocycles. The van der Waals surface area contributed by atoms with Crippen molar-refractivity contribution in [3.05, 3.63) is 0 Å². The van der Waals surface area contributed by atoms with Crippen LogP contribution in [0, 0.1) is 11.3 Å². The summed E-state index contributed by atoms with van der Waals surface area (Å²) in [5, 5.41) is 12.2. The van der Waals surface area contributed by atoms with Gasteiger partial charge >= 0.3 is 0 Å². The second-order valence-corrected chi connectivity index (χ2v) is 5.02. The molecule has 0 spiro atoms. The Morgan fingerprint density at radius 3 is 2.86 bits per heavy atom. The molecule has 1 amide bonds. The number of hydrogen-bond acceptors (Lipinski definition) is 3. The highest BCUT2D eigenvalue weighted by Gasteiger charge is 2.58. The molecule has 4 nitrogen and oxygen atoms in total. The van der Waals surface area contributed by atoms with E-state index in [1.165, 1.54) is 13.8 Å². The minimum Gasteiger partial charge on any atom is -0.381 e. The predicted molar refractivity (Wildman–Crippen MR) is 50.7 cm³/mol. The highest BCUT2D eigenvalue weighted by Crippen LogP contribution is 2.56. The van der Waals surface area contributed by atoms with Gasteiger partial charge in [-0.15, -0.1) is 0 Å². The fourth-order valence-electron chi connectivity index (χ4n) is 1.99. The van der Waals surface area contributed by atoms with Crippen LogP contribution in [0.1, 0.15) is 20.3 Å². The summed E-state index contributed by atoms with van der Waals surface area (Å²) < 4.78 is 5.31. The lowest BCUT2D eigenvalue weighted by Gasteiger charge is -2.19. The van der Waals surface area contributed by atoms with Gasteiger partial charge in [0.25, 0.3) is 5.91 Å². The van der Waals surface area contributed by atoms with Crippen LogP contribution in [-0.2, 0) is 9.53 Å². The average Bonchev–Trinajstić information content (AvgIpc) is 2.64. The summed E-state index contributed by atoms with van der Waals surface area (Å²) in [5.74, 6) is 0.328. The van der Waals surface area contributed by atoms with Crippen LogP contribution in [0.25, 0.3) is 0 Å². The number of nitrogens with one attached hydrogen (secondary N) is 1. The van der Waals surface area contributed by atoms with Crippen molar-refractivity contribution in [1.82, 2.24) is 5.32 Å². The highest BCUT2D eigenvalue weighted by atomic mass is 16.5. The van der Waals surface area contributed by atoms with Crippen LogP contribution in [0.5, 0.6) is 0 Å². The van der Waals surface area contributed by atoms with E-state index in [0.29, 0.717) is 12.5 Å². The molecule has 0 radical (unpaired) electrons. The van der Waals surface area contributed by atoms with Crippen LogP contribution in [0.3, 0.4) is 0 Å². The quantitative estimate of drug-likeness (QED) is 0.668. The smallest absolute Gasteiger partial charge is 0.251 e. The average molecular weight is 199 g/mol. The first-order chi connectivity index (χ1) is 6.44. The summed E-state index contributed by atoms with van der Waals surface area (Å²) in [5.41, 5.74) is -1.08. The molecular formula is C10H17NO3. The lowest BCUT2D eigenvalue weighted by Crippen LogP contribution is -2.44. The molecule has 2 rings (SSSR count). The summed E-state index contributed by atoms with van der Waals surface area (Å²) in [4.78, 5) is 11.4. The zero-order valence-electron chi connectivity index (χ0n) is 8.67. The molecule has 1 saturated carbocycles. The number of carbonyl (C=O) groups excluding carboxylic acids is 1. The Morgan fingerprint density at radius 2 is 2.43 bits per heavy atom. The van der Waals surface area contributed by atoms with E-state index in [1.54, 1.807) is 0 Å². The first-order valence-corrected chi connectivity index (χ1v) is 5.02. The van der Waals surface area contributed by atoms with E-state index >= 15 is 0 Å². The first-order valence-electron chi connectivity index (χ1n) is 5.02. The minimum absolute atomic E-state index is 0.195. The normalized spacial score (nSPS) is 35.2. The Labute approximate surface area is 83.6 Å². The Morgan fingerprint density at radius 1 is 1.71 bits per heavy atom. The molecule has 2 atom stereocenters. The van der Waals surface area contributed by atoms with Gasteiger partial charge in [-0.25, -0.2) is 0 Å². The van der Waals surface area contributed by atoms with Gasteiger partial charge < -0.3 is 15.2 Å². The van der Waals surface area contributed by atoms with Gasteiger partial charge in [-0.1, -0.05) is 0 Å². The Bertz CT molecular complexity index is 259. The summed E-state index contributed by atoms with van der Waals surface area (Å²) in [6.45, 7) is 5.22. The monoisotopic (exact) mass is 199 g/mol. The van der Waals surface area contributed by atoms with E-state index in [4.69, 9.17) is 4.74 Å². The zero-order chi connectivity index (χ0) is 10.4. The van der Waals surface area contributed by atoms with Crippen LogP contribution in [0.4, 0.5) is 0 Å². The first kappa shape index (κ1) is 9.93. The molecule has 2 fully saturated rings. The van der Waals surface area contributed by atoms with Crippen molar-refractivity contribution >= 4 is 5.91 Å². The second kappa shape index (κ2) is 2.94. The van der Waals surface area contributed by atoms with Gasteiger partial charge in [0.1, 0.15) is 5.60 Å². The molecular weight excluding hydrogens is 182 g/mol. The fourth-order valence-corrected chi connectivity index (χ4v) is 1.99. The van der Waals surface area contributed by atoms with Gasteiger partial charge in [-0.05, 0) is 26.2 Å². The minimum atomic E-state index is -1.28. The third-order valence-electron chi connectivity index (χ3n) is 3.22. The summed E-state index contributed by atoms with van der Waals surface area (Å²) in [6, 6.07) is 0. The number of ether oxygens (including phenoxy) is 1. The van der Waals surface area contributed by atoms with Gasteiger partial charge in [-0.3, -0.25) is 4.79 Å². The molecule has 1 saturated heterocycles. The molecule has 14 heavy (non-hydrogen) atoms. The molecule has 2 unspecified atom stereocenters. The van der Waals surface area contributed by atoms with E-state index < -0.39 is 5.60 Å². The Kier molecular flexibility index (Phi) is 2.08.